The molecule has 2 aromatic carbocycles. The Morgan fingerprint density at radius 3 is 2.62 bits per heavy atom. The molecule has 0 radical (unpaired) electrons. The summed E-state index contributed by atoms with van der Waals surface area (Å²) in [6.07, 6.45) is 8.71. The lowest BCUT2D eigenvalue weighted by Gasteiger charge is -2.25. The van der Waals surface area contributed by atoms with Crippen molar-refractivity contribution in [1.29, 1.82) is 0 Å². The fraction of sp³-hybridized carbons (Fsp3) is 0.323. The Morgan fingerprint density at radius 1 is 1.10 bits per heavy atom. The van der Waals surface area contributed by atoms with E-state index in [0.717, 1.165) is 24.8 Å². The normalized spacial score (nSPS) is 15.3. The van der Waals surface area contributed by atoms with Gasteiger partial charge in [0.15, 0.2) is 16.3 Å². The SMILES string of the molecule is CCCCCOc1ccc(C2C(C(=O)OCC)=C(C)N=c3s/c(=C\C=C\c4ccccc4)c(=O)n32)cc1OC. The summed E-state index contributed by atoms with van der Waals surface area (Å²) in [6, 6.07) is 14.7. The third-order valence-electron chi connectivity index (χ3n) is 6.36. The average molecular weight is 547 g/mol. The van der Waals surface area contributed by atoms with Crippen LogP contribution < -0.4 is 24.4 Å². The number of hydrogen-bond donors (Lipinski definition) is 0. The number of fused-ring (bicyclic) bond motifs is 1. The van der Waals surface area contributed by atoms with Crippen molar-refractivity contribution in [2.24, 2.45) is 4.99 Å². The highest BCUT2D eigenvalue weighted by Gasteiger charge is 2.33. The predicted molar refractivity (Wildman–Crippen MR) is 155 cm³/mol. The van der Waals surface area contributed by atoms with E-state index in [-0.39, 0.29) is 12.2 Å². The second kappa shape index (κ2) is 13.2. The lowest BCUT2D eigenvalue weighted by Crippen LogP contribution is -2.39. The van der Waals surface area contributed by atoms with E-state index in [0.29, 0.717) is 44.3 Å². The topological polar surface area (TPSA) is 79.1 Å². The van der Waals surface area contributed by atoms with Crippen molar-refractivity contribution in [3.63, 3.8) is 0 Å². The molecule has 0 spiro atoms. The highest BCUT2D eigenvalue weighted by Crippen LogP contribution is 2.36. The van der Waals surface area contributed by atoms with Crippen LogP contribution in [0.1, 0.15) is 57.2 Å². The zero-order chi connectivity index (χ0) is 27.8. The molecule has 0 amide bonds. The third-order valence-corrected chi connectivity index (χ3v) is 7.36. The number of carbonyl (C=O) groups is 1. The van der Waals surface area contributed by atoms with Gasteiger partial charge in [-0.25, -0.2) is 9.79 Å². The number of aromatic nitrogens is 1. The first-order valence-electron chi connectivity index (χ1n) is 13.2. The Morgan fingerprint density at radius 2 is 1.90 bits per heavy atom. The molecule has 1 aromatic heterocycles. The number of ether oxygens (including phenoxy) is 3. The standard InChI is InChI=1S/C31H34N2O5S/c1-5-7-11-19-38-24-18-17-23(20-25(24)36-4)28-27(30(35)37-6-2)21(3)32-31-33(28)29(34)26(39-31)16-12-15-22-13-9-8-10-14-22/h8-10,12-18,20,28H,5-7,11,19H2,1-4H3/b15-12+,26-16-. The second-order valence-electron chi connectivity index (χ2n) is 9.06. The molecule has 0 N–H and O–H groups in total. The lowest BCUT2D eigenvalue weighted by molar-refractivity contribution is -0.139. The van der Waals surface area contributed by atoms with E-state index < -0.39 is 12.0 Å². The lowest BCUT2D eigenvalue weighted by atomic mass is 9.95. The van der Waals surface area contributed by atoms with Crippen molar-refractivity contribution in [2.45, 2.75) is 46.1 Å². The quantitative estimate of drug-likeness (QED) is 0.249. The molecular formula is C31H34N2O5S. The largest absolute Gasteiger partial charge is 0.493 e. The van der Waals surface area contributed by atoms with Crippen molar-refractivity contribution in [3.8, 4) is 11.5 Å². The first-order chi connectivity index (χ1) is 19.0. The van der Waals surface area contributed by atoms with E-state index in [2.05, 4.69) is 11.9 Å². The van der Waals surface area contributed by atoms with Gasteiger partial charge >= 0.3 is 5.97 Å². The van der Waals surface area contributed by atoms with Gasteiger partial charge in [0.2, 0.25) is 0 Å². The van der Waals surface area contributed by atoms with Crippen molar-refractivity contribution >= 4 is 29.5 Å². The number of thiazole rings is 1. The van der Waals surface area contributed by atoms with Crippen LogP contribution in [0.5, 0.6) is 11.5 Å². The minimum atomic E-state index is -0.719. The minimum absolute atomic E-state index is 0.213. The maximum atomic E-state index is 13.7. The average Bonchev–Trinajstić information content (AvgIpc) is 3.25. The van der Waals surface area contributed by atoms with Crippen LogP contribution in [-0.4, -0.2) is 30.9 Å². The molecule has 1 aliphatic rings. The van der Waals surface area contributed by atoms with Gasteiger partial charge < -0.3 is 14.2 Å². The van der Waals surface area contributed by atoms with Crippen LogP contribution >= 0.6 is 11.3 Å². The van der Waals surface area contributed by atoms with Crippen LogP contribution in [0.25, 0.3) is 12.2 Å². The van der Waals surface area contributed by atoms with Gasteiger partial charge in [0.05, 0.1) is 42.2 Å². The Bertz CT molecular complexity index is 1550. The highest BCUT2D eigenvalue weighted by atomic mass is 32.1. The number of benzene rings is 2. The number of hydrogen-bond acceptors (Lipinski definition) is 7. The number of nitrogens with zero attached hydrogens (tertiary/aromatic N) is 2. The fourth-order valence-electron chi connectivity index (χ4n) is 4.44. The van der Waals surface area contributed by atoms with E-state index >= 15 is 0 Å². The van der Waals surface area contributed by atoms with Crippen LogP contribution in [0.15, 0.2) is 75.7 Å². The molecular weight excluding hydrogens is 512 g/mol. The molecule has 0 fully saturated rings. The van der Waals surface area contributed by atoms with Crippen LogP contribution in [0.4, 0.5) is 0 Å². The molecule has 8 heteroatoms. The summed E-state index contributed by atoms with van der Waals surface area (Å²) in [5.74, 6) is 0.657. The Hall–Kier alpha value is -3.91. The summed E-state index contributed by atoms with van der Waals surface area (Å²) in [6.45, 7) is 6.47. The molecule has 7 nitrogen and oxygen atoms in total. The van der Waals surface area contributed by atoms with Gasteiger partial charge in [0, 0.05) is 0 Å². The molecule has 0 saturated heterocycles. The molecule has 1 aliphatic heterocycles. The third kappa shape index (κ3) is 6.40. The number of rotatable bonds is 11. The molecule has 0 saturated carbocycles. The monoisotopic (exact) mass is 546 g/mol. The van der Waals surface area contributed by atoms with E-state index in [9.17, 15) is 9.59 Å². The molecule has 1 atom stereocenters. The summed E-state index contributed by atoms with van der Waals surface area (Å²) in [5.41, 5.74) is 2.36. The van der Waals surface area contributed by atoms with E-state index in [4.69, 9.17) is 14.2 Å². The maximum Gasteiger partial charge on any atom is 0.338 e. The number of allylic oxidation sites excluding steroid dienone is 2. The maximum absolute atomic E-state index is 13.7. The summed E-state index contributed by atoms with van der Waals surface area (Å²) in [5, 5.41) is 0. The molecule has 2 heterocycles. The summed E-state index contributed by atoms with van der Waals surface area (Å²) >= 11 is 1.29. The van der Waals surface area contributed by atoms with E-state index in [1.165, 1.54) is 11.3 Å². The summed E-state index contributed by atoms with van der Waals surface area (Å²) < 4.78 is 19.1. The first-order valence-corrected chi connectivity index (χ1v) is 14.0. The van der Waals surface area contributed by atoms with Gasteiger partial charge in [-0.05, 0) is 49.6 Å². The smallest absolute Gasteiger partial charge is 0.338 e. The second-order valence-corrected chi connectivity index (χ2v) is 10.1. The molecule has 0 bridgehead atoms. The van der Waals surface area contributed by atoms with Gasteiger partial charge in [-0.1, -0.05) is 79.7 Å². The highest BCUT2D eigenvalue weighted by molar-refractivity contribution is 7.07. The summed E-state index contributed by atoms with van der Waals surface area (Å²) in [7, 11) is 1.58. The van der Waals surface area contributed by atoms with Crippen molar-refractivity contribution in [3.05, 3.63) is 96.7 Å². The van der Waals surface area contributed by atoms with Crippen molar-refractivity contribution < 1.29 is 19.0 Å². The van der Waals surface area contributed by atoms with Gasteiger partial charge in [-0.2, -0.15) is 0 Å². The van der Waals surface area contributed by atoms with Gasteiger partial charge in [0.25, 0.3) is 5.56 Å². The summed E-state index contributed by atoms with van der Waals surface area (Å²) in [4.78, 5) is 32.0. The molecule has 39 heavy (non-hydrogen) atoms. The van der Waals surface area contributed by atoms with Crippen LogP contribution in [0, 0.1) is 0 Å². The van der Waals surface area contributed by atoms with E-state index in [1.807, 2.05) is 60.7 Å². The van der Waals surface area contributed by atoms with Crippen molar-refractivity contribution in [1.82, 2.24) is 4.57 Å². The van der Waals surface area contributed by atoms with Crippen LogP contribution in [0.2, 0.25) is 0 Å². The fourth-order valence-corrected chi connectivity index (χ4v) is 5.44. The van der Waals surface area contributed by atoms with Gasteiger partial charge in [-0.15, -0.1) is 0 Å². The predicted octanol–water partition coefficient (Wildman–Crippen LogP) is 5.04. The zero-order valence-electron chi connectivity index (χ0n) is 22.8. The Balaban J connectivity index is 1.80. The number of methoxy groups -OCH3 is 1. The molecule has 4 rings (SSSR count). The number of esters is 1. The minimum Gasteiger partial charge on any atom is -0.493 e. The molecule has 204 valence electrons. The van der Waals surface area contributed by atoms with Gasteiger partial charge in [0.1, 0.15) is 0 Å². The Kier molecular flexibility index (Phi) is 9.54. The van der Waals surface area contributed by atoms with Gasteiger partial charge in [-0.3, -0.25) is 9.36 Å². The first kappa shape index (κ1) is 28.1. The number of carbonyl (C=O) groups excluding carboxylic acids is 1. The van der Waals surface area contributed by atoms with Crippen LogP contribution in [-0.2, 0) is 9.53 Å². The Labute approximate surface area is 232 Å². The molecule has 1 unspecified atom stereocenters. The molecule has 0 aliphatic carbocycles. The van der Waals surface area contributed by atoms with E-state index in [1.54, 1.807) is 31.6 Å². The zero-order valence-corrected chi connectivity index (χ0v) is 23.6. The molecule has 3 aromatic rings. The number of unbranched alkanes of at least 4 members (excludes halogenated alkanes) is 2. The van der Waals surface area contributed by atoms with Crippen LogP contribution in [0.3, 0.4) is 0 Å². The van der Waals surface area contributed by atoms with Crippen molar-refractivity contribution in [2.75, 3.05) is 20.3 Å².